The molecule has 0 amide bonds. The van der Waals surface area contributed by atoms with E-state index in [1.54, 1.807) is 0 Å². The van der Waals surface area contributed by atoms with Crippen LogP contribution in [0.25, 0.3) is 106 Å². The molecule has 6 nitrogen and oxygen atoms in total. The molecule has 0 N–H and O–H groups in total. The molecular weight excluding hydrogens is 697 g/mol. The fraction of sp³-hybridized carbons (Fsp3) is 0. The van der Waals surface area contributed by atoms with Gasteiger partial charge in [-0.2, -0.15) is 0 Å². The Bertz CT molecular complexity index is 3500. The van der Waals surface area contributed by atoms with E-state index in [0.29, 0.717) is 5.82 Å². The highest BCUT2D eigenvalue weighted by Gasteiger charge is 2.20. The minimum absolute atomic E-state index is 0.709. The smallest absolute Gasteiger partial charge is 0.220 e. The quantitative estimate of drug-likeness (QED) is 0.177. The lowest BCUT2D eigenvalue weighted by atomic mass is 10.0. The number of hydrogen-bond donors (Lipinski definition) is 0. The molecule has 266 valence electrons. The Kier molecular flexibility index (Phi) is 6.83. The summed E-state index contributed by atoms with van der Waals surface area (Å²) < 4.78 is 6.91. The van der Waals surface area contributed by atoms with Gasteiger partial charge in [-0.15, -0.1) is 0 Å². The number of imidazole rings is 2. The van der Waals surface area contributed by atoms with Gasteiger partial charge in [-0.1, -0.05) is 115 Å². The number of para-hydroxylation sites is 6. The summed E-state index contributed by atoms with van der Waals surface area (Å²) >= 11 is 0. The zero-order chi connectivity index (χ0) is 37.5. The first kappa shape index (κ1) is 31.5. The number of benzene rings is 8. The van der Waals surface area contributed by atoms with Gasteiger partial charge >= 0.3 is 0 Å². The highest BCUT2D eigenvalue weighted by atomic mass is 15.2. The molecule has 4 aromatic heterocycles. The third-order valence-electron chi connectivity index (χ3n) is 11.3. The third kappa shape index (κ3) is 4.81. The normalized spacial score (nSPS) is 11.9. The molecule has 12 aromatic rings. The average Bonchev–Trinajstić information content (AvgIpc) is 3.93. The van der Waals surface area contributed by atoms with Gasteiger partial charge in [-0.25, -0.2) is 15.0 Å². The monoisotopic (exact) mass is 728 g/mol. The van der Waals surface area contributed by atoms with Gasteiger partial charge in [0.25, 0.3) is 0 Å². The minimum Gasteiger partial charge on any atom is -0.309 e. The highest BCUT2D eigenvalue weighted by Crippen LogP contribution is 2.39. The van der Waals surface area contributed by atoms with E-state index >= 15 is 0 Å². The molecule has 0 spiro atoms. The van der Waals surface area contributed by atoms with Crippen LogP contribution >= 0.6 is 0 Å². The molecule has 4 heterocycles. The van der Waals surface area contributed by atoms with Crippen LogP contribution in [0.5, 0.6) is 0 Å². The largest absolute Gasteiger partial charge is 0.309 e. The van der Waals surface area contributed by atoms with Crippen molar-refractivity contribution in [2.24, 2.45) is 0 Å². The van der Waals surface area contributed by atoms with Crippen LogP contribution in [0.1, 0.15) is 0 Å². The zero-order valence-corrected chi connectivity index (χ0v) is 30.7. The van der Waals surface area contributed by atoms with Gasteiger partial charge in [0.15, 0.2) is 5.82 Å². The van der Waals surface area contributed by atoms with E-state index in [1.807, 2.05) is 18.2 Å². The first-order chi connectivity index (χ1) is 28.3. The first-order valence-corrected chi connectivity index (χ1v) is 19.2. The van der Waals surface area contributed by atoms with Crippen LogP contribution in [-0.2, 0) is 0 Å². The molecule has 0 atom stereocenters. The molecule has 0 unspecified atom stereocenters. The lowest BCUT2D eigenvalue weighted by Gasteiger charge is -2.11. The molecule has 0 aliphatic heterocycles. The van der Waals surface area contributed by atoms with Gasteiger partial charge in [0.1, 0.15) is 0 Å². The van der Waals surface area contributed by atoms with Crippen molar-refractivity contribution < 1.29 is 0 Å². The molecule has 0 bridgehead atoms. The Balaban J connectivity index is 0.992. The second kappa shape index (κ2) is 12.3. The molecule has 0 fully saturated rings. The van der Waals surface area contributed by atoms with E-state index in [0.717, 1.165) is 89.1 Å². The summed E-state index contributed by atoms with van der Waals surface area (Å²) in [7, 11) is 0. The standard InChI is InChI=1S/C51H32N6/c1-3-14-33(15-4-1)48-40-19-7-9-21-42(40)52-50(53-48)34-26-29-37(30-27-34)55-43-22-10-8-18-39(43)41-32-35(28-31-44(41)55)38-20-13-25-47-49(38)54-51-56(36-16-5-2-6-17-36)45-23-11-12-24-46(45)57(47)51/h1-32H. The molecular formula is C51H32N6. The Morgan fingerprint density at radius 3 is 1.81 bits per heavy atom. The van der Waals surface area contributed by atoms with E-state index in [1.165, 1.54) is 10.8 Å². The number of rotatable bonds is 5. The number of aromatic nitrogens is 6. The highest BCUT2D eigenvalue weighted by molar-refractivity contribution is 6.11. The van der Waals surface area contributed by atoms with Crippen LogP contribution in [0.15, 0.2) is 194 Å². The van der Waals surface area contributed by atoms with Gasteiger partial charge < -0.3 is 4.57 Å². The molecule has 57 heavy (non-hydrogen) atoms. The summed E-state index contributed by atoms with van der Waals surface area (Å²) in [6.07, 6.45) is 0. The molecule has 0 aliphatic rings. The average molecular weight is 729 g/mol. The predicted octanol–water partition coefficient (Wildman–Crippen LogP) is 12.5. The maximum absolute atomic E-state index is 5.38. The molecule has 6 heteroatoms. The number of nitrogens with zero attached hydrogens (tertiary/aromatic N) is 6. The van der Waals surface area contributed by atoms with E-state index in [2.05, 4.69) is 189 Å². The topological polar surface area (TPSA) is 52.9 Å². The molecule has 0 saturated carbocycles. The maximum Gasteiger partial charge on any atom is 0.220 e. The summed E-state index contributed by atoms with van der Waals surface area (Å²) in [6.45, 7) is 0. The van der Waals surface area contributed by atoms with Crippen LogP contribution in [0, 0.1) is 0 Å². The van der Waals surface area contributed by atoms with Crippen molar-refractivity contribution in [3.8, 4) is 45.1 Å². The second-order valence-electron chi connectivity index (χ2n) is 14.5. The molecule has 0 aliphatic carbocycles. The van der Waals surface area contributed by atoms with Crippen LogP contribution in [-0.4, -0.2) is 28.5 Å². The van der Waals surface area contributed by atoms with Crippen molar-refractivity contribution >= 4 is 60.6 Å². The summed E-state index contributed by atoms with van der Waals surface area (Å²) in [4.78, 5) is 15.5. The third-order valence-corrected chi connectivity index (χ3v) is 11.3. The summed E-state index contributed by atoms with van der Waals surface area (Å²) in [5.41, 5.74) is 14.9. The fourth-order valence-electron chi connectivity index (χ4n) is 8.69. The number of hydrogen-bond acceptors (Lipinski definition) is 3. The van der Waals surface area contributed by atoms with Crippen molar-refractivity contribution in [3.05, 3.63) is 194 Å². The SMILES string of the molecule is c1ccc(-c2nc(-c3ccc(-n4c5ccccc5c5cc(-c6cccc7c6nc6n(-c8ccccc8)c8ccccc8n76)ccc54)cc3)nc3ccccc23)cc1. The lowest BCUT2D eigenvalue weighted by molar-refractivity contribution is 1.11. The molecule has 0 radical (unpaired) electrons. The van der Waals surface area contributed by atoms with Crippen LogP contribution in [0.4, 0.5) is 0 Å². The van der Waals surface area contributed by atoms with Gasteiger partial charge in [0.05, 0.1) is 44.3 Å². The summed E-state index contributed by atoms with van der Waals surface area (Å²) in [6, 6.07) is 68.3. The first-order valence-electron chi connectivity index (χ1n) is 19.2. The van der Waals surface area contributed by atoms with Gasteiger partial charge in [-0.05, 0) is 84.4 Å². The van der Waals surface area contributed by atoms with Crippen LogP contribution < -0.4 is 0 Å². The fourth-order valence-corrected chi connectivity index (χ4v) is 8.69. The van der Waals surface area contributed by atoms with E-state index in [4.69, 9.17) is 15.0 Å². The Morgan fingerprint density at radius 2 is 0.982 bits per heavy atom. The Hall–Kier alpha value is -7.83. The maximum atomic E-state index is 5.38. The van der Waals surface area contributed by atoms with Crippen molar-refractivity contribution in [1.29, 1.82) is 0 Å². The predicted molar refractivity (Wildman–Crippen MR) is 233 cm³/mol. The Labute approximate surface area is 327 Å². The molecule has 0 saturated heterocycles. The lowest BCUT2D eigenvalue weighted by Crippen LogP contribution is -1.97. The van der Waals surface area contributed by atoms with Crippen molar-refractivity contribution in [3.63, 3.8) is 0 Å². The van der Waals surface area contributed by atoms with Crippen molar-refractivity contribution in [2.75, 3.05) is 0 Å². The van der Waals surface area contributed by atoms with Crippen molar-refractivity contribution in [2.45, 2.75) is 0 Å². The van der Waals surface area contributed by atoms with Crippen LogP contribution in [0.3, 0.4) is 0 Å². The molecule has 12 rings (SSSR count). The zero-order valence-electron chi connectivity index (χ0n) is 30.7. The second-order valence-corrected chi connectivity index (χ2v) is 14.5. The minimum atomic E-state index is 0.709. The summed E-state index contributed by atoms with van der Waals surface area (Å²) in [5.74, 6) is 1.61. The van der Waals surface area contributed by atoms with Crippen LogP contribution in [0.2, 0.25) is 0 Å². The van der Waals surface area contributed by atoms with E-state index in [9.17, 15) is 0 Å². The van der Waals surface area contributed by atoms with Gasteiger partial charge in [0.2, 0.25) is 5.78 Å². The number of fused-ring (bicyclic) bond motifs is 9. The summed E-state index contributed by atoms with van der Waals surface area (Å²) in [5, 5.41) is 3.44. The Morgan fingerprint density at radius 1 is 0.351 bits per heavy atom. The van der Waals surface area contributed by atoms with E-state index in [-0.39, 0.29) is 0 Å². The van der Waals surface area contributed by atoms with Gasteiger partial charge in [-0.3, -0.25) is 8.97 Å². The van der Waals surface area contributed by atoms with E-state index < -0.39 is 0 Å². The van der Waals surface area contributed by atoms with Crippen molar-refractivity contribution in [1.82, 2.24) is 28.5 Å². The van der Waals surface area contributed by atoms with Gasteiger partial charge in [0, 0.05) is 44.2 Å². The molecule has 8 aromatic carbocycles.